The van der Waals surface area contributed by atoms with Crippen molar-refractivity contribution in [3.05, 3.63) is 67.1 Å². The van der Waals surface area contributed by atoms with E-state index >= 15 is 0 Å². The van der Waals surface area contributed by atoms with Crippen LogP contribution < -0.4 is 10.2 Å². The normalized spacial score (nSPS) is 11.0. The van der Waals surface area contributed by atoms with E-state index in [1.54, 1.807) is 30.6 Å². The summed E-state index contributed by atoms with van der Waals surface area (Å²) in [5.74, 6) is 0.856. The maximum Gasteiger partial charge on any atom is 0.180 e. The summed E-state index contributed by atoms with van der Waals surface area (Å²) in [4.78, 5) is 11.1. The van der Waals surface area contributed by atoms with Gasteiger partial charge < -0.3 is 20.4 Å². The van der Waals surface area contributed by atoms with Crippen molar-refractivity contribution >= 4 is 22.8 Å². The molecule has 7 nitrogen and oxygen atoms in total. The summed E-state index contributed by atoms with van der Waals surface area (Å²) < 4.78 is 1.94. The van der Waals surface area contributed by atoms with E-state index in [1.165, 1.54) is 0 Å². The summed E-state index contributed by atoms with van der Waals surface area (Å²) in [6, 6.07) is 15.1. The molecule has 0 atom stereocenters. The Kier molecular flexibility index (Phi) is 5.31. The Morgan fingerprint density at radius 3 is 2.66 bits per heavy atom. The highest BCUT2D eigenvalue weighted by Crippen LogP contribution is 2.27. The molecule has 0 aliphatic carbocycles. The Morgan fingerprint density at radius 2 is 1.93 bits per heavy atom. The van der Waals surface area contributed by atoms with Gasteiger partial charge in [-0.3, -0.25) is 4.40 Å². The average Bonchev–Trinajstić information content (AvgIpc) is 3.23. The minimum atomic E-state index is 0.126. The molecule has 2 heterocycles. The van der Waals surface area contributed by atoms with Crippen LogP contribution in [-0.4, -0.2) is 44.3 Å². The lowest BCUT2D eigenvalue weighted by molar-refractivity contribution is 0.302. The number of aromatic nitrogens is 3. The zero-order chi connectivity index (χ0) is 20.2. The molecule has 0 radical (unpaired) electrons. The molecular weight excluding hydrogens is 366 g/mol. The van der Waals surface area contributed by atoms with Gasteiger partial charge in [0.1, 0.15) is 5.75 Å². The Labute approximate surface area is 168 Å². The third-order valence-corrected chi connectivity index (χ3v) is 4.82. The molecule has 7 heteroatoms. The lowest BCUT2D eigenvalue weighted by atomic mass is 10.1. The second-order valence-electron chi connectivity index (χ2n) is 6.64. The molecule has 0 amide bonds. The molecule has 0 saturated heterocycles. The van der Waals surface area contributed by atoms with Gasteiger partial charge in [-0.15, -0.1) is 0 Å². The van der Waals surface area contributed by atoms with Gasteiger partial charge in [-0.1, -0.05) is 12.1 Å². The molecule has 0 aliphatic heterocycles. The highest BCUT2D eigenvalue weighted by molar-refractivity contribution is 5.75. The molecule has 0 unspecified atom stereocenters. The molecule has 0 bridgehead atoms. The molecular formula is C22H23N5O2. The number of likely N-dealkylation sites (N-methyl/N-ethyl adjacent to an activating group) is 1. The van der Waals surface area contributed by atoms with E-state index in [0.29, 0.717) is 18.0 Å². The van der Waals surface area contributed by atoms with Gasteiger partial charge in [-0.2, -0.15) is 0 Å². The number of phenolic OH excluding ortho intramolecular Hbond substituents is 1. The van der Waals surface area contributed by atoms with Gasteiger partial charge in [0.25, 0.3) is 0 Å². The largest absolute Gasteiger partial charge is 0.508 e. The number of hydrogen-bond acceptors (Lipinski definition) is 6. The lowest BCUT2D eigenvalue weighted by Gasteiger charge is -2.22. The SMILES string of the molecule is CCN(CCO)c1ccc(Nc2ncc(-c3cccc(O)c3)n3ccnc23)cc1. The standard InChI is InChI=1S/C22H23N5O2/c1-2-26(12-13-28)18-8-6-17(7-9-18)25-21-22-23-10-11-27(22)20(15-24-21)16-4-3-5-19(29)14-16/h3-11,14-15,28-29H,2,12-13H2,1H3,(H,24,25). The van der Waals surface area contributed by atoms with Crippen LogP contribution in [0, 0.1) is 0 Å². The second kappa shape index (κ2) is 8.20. The van der Waals surface area contributed by atoms with Crippen LogP contribution in [0.3, 0.4) is 0 Å². The Bertz CT molecular complexity index is 1110. The van der Waals surface area contributed by atoms with Gasteiger partial charge in [0.2, 0.25) is 0 Å². The van der Waals surface area contributed by atoms with E-state index in [2.05, 4.69) is 27.1 Å². The second-order valence-corrected chi connectivity index (χ2v) is 6.64. The zero-order valence-electron chi connectivity index (χ0n) is 16.2. The Morgan fingerprint density at radius 1 is 1.10 bits per heavy atom. The third kappa shape index (κ3) is 3.86. The highest BCUT2D eigenvalue weighted by atomic mass is 16.3. The fraction of sp³-hybridized carbons (Fsp3) is 0.182. The highest BCUT2D eigenvalue weighted by Gasteiger charge is 2.11. The number of aromatic hydroxyl groups is 1. The first kappa shape index (κ1) is 18.8. The van der Waals surface area contributed by atoms with Crippen molar-refractivity contribution < 1.29 is 10.2 Å². The van der Waals surface area contributed by atoms with Crippen LogP contribution in [0.15, 0.2) is 67.1 Å². The van der Waals surface area contributed by atoms with Crippen LogP contribution in [0.25, 0.3) is 16.9 Å². The summed E-state index contributed by atoms with van der Waals surface area (Å²) in [6.07, 6.45) is 5.37. The first-order chi connectivity index (χ1) is 14.2. The number of hydrogen-bond donors (Lipinski definition) is 3. The van der Waals surface area contributed by atoms with Crippen LogP contribution in [0.4, 0.5) is 17.2 Å². The van der Waals surface area contributed by atoms with Crippen LogP contribution in [0.5, 0.6) is 5.75 Å². The summed E-state index contributed by atoms with van der Waals surface area (Å²) >= 11 is 0. The molecule has 0 saturated carbocycles. The molecule has 0 spiro atoms. The smallest absolute Gasteiger partial charge is 0.180 e. The quantitative estimate of drug-likeness (QED) is 0.447. The van der Waals surface area contributed by atoms with Crippen molar-refractivity contribution in [3.8, 4) is 17.0 Å². The first-order valence-electron chi connectivity index (χ1n) is 9.54. The maximum absolute atomic E-state index is 9.78. The summed E-state index contributed by atoms with van der Waals surface area (Å²) in [5.41, 5.74) is 4.36. The van der Waals surface area contributed by atoms with Crippen molar-refractivity contribution in [2.45, 2.75) is 6.92 Å². The van der Waals surface area contributed by atoms with Gasteiger partial charge >= 0.3 is 0 Å². The van der Waals surface area contributed by atoms with E-state index in [0.717, 1.165) is 29.2 Å². The molecule has 2 aromatic heterocycles. The lowest BCUT2D eigenvalue weighted by Crippen LogP contribution is -2.25. The topological polar surface area (TPSA) is 85.9 Å². The minimum Gasteiger partial charge on any atom is -0.508 e. The Balaban J connectivity index is 1.63. The molecule has 29 heavy (non-hydrogen) atoms. The van der Waals surface area contributed by atoms with Gasteiger partial charge in [0, 0.05) is 42.4 Å². The van der Waals surface area contributed by atoms with E-state index in [4.69, 9.17) is 0 Å². The monoisotopic (exact) mass is 389 g/mol. The van der Waals surface area contributed by atoms with Gasteiger partial charge in [-0.25, -0.2) is 9.97 Å². The van der Waals surface area contributed by atoms with Crippen LogP contribution >= 0.6 is 0 Å². The fourth-order valence-corrected chi connectivity index (χ4v) is 3.37. The van der Waals surface area contributed by atoms with E-state index in [1.807, 2.05) is 40.9 Å². The molecule has 3 N–H and O–H groups in total. The predicted octanol–water partition coefficient (Wildman–Crippen LogP) is 3.66. The van der Waals surface area contributed by atoms with E-state index in [9.17, 15) is 10.2 Å². The molecule has 0 aliphatic rings. The zero-order valence-corrected chi connectivity index (χ0v) is 16.2. The van der Waals surface area contributed by atoms with Crippen LogP contribution in [0.1, 0.15) is 6.92 Å². The van der Waals surface area contributed by atoms with Crippen molar-refractivity contribution in [1.82, 2.24) is 14.4 Å². The fourth-order valence-electron chi connectivity index (χ4n) is 3.37. The number of fused-ring (bicyclic) bond motifs is 1. The molecule has 0 fully saturated rings. The number of nitrogens with zero attached hydrogens (tertiary/aromatic N) is 4. The number of nitrogens with one attached hydrogen (secondary N) is 1. The van der Waals surface area contributed by atoms with Crippen molar-refractivity contribution in [2.24, 2.45) is 0 Å². The maximum atomic E-state index is 9.78. The minimum absolute atomic E-state index is 0.126. The number of benzene rings is 2. The number of rotatable bonds is 7. The summed E-state index contributed by atoms with van der Waals surface area (Å²) in [7, 11) is 0. The van der Waals surface area contributed by atoms with Crippen molar-refractivity contribution in [1.29, 1.82) is 0 Å². The van der Waals surface area contributed by atoms with Gasteiger partial charge in [0.15, 0.2) is 11.5 Å². The number of phenols is 1. The van der Waals surface area contributed by atoms with Crippen molar-refractivity contribution in [2.75, 3.05) is 29.9 Å². The summed E-state index contributed by atoms with van der Waals surface area (Å²) in [5, 5.41) is 22.3. The third-order valence-electron chi connectivity index (χ3n) is 4.82. The summed E-state index contributed by atoms with van der Waals surface area (Å²) in [6.45, 7) is 3.63. The predicted molar refractivity (Wildman–Crippen MR) is 115 cm³/mol. The molecule has 4 aromatic rings. The van der Waals surface area contributed by atoms with Crippen LogP contribution in [0.2, 0.25) is 0 Å². The number of anilines is 3. The number of aliphatic hydroxyl groups is 1. The molecule has 2 aromatic carbocycles. The van der Waals surface area contributed by atoms with Crippen LogP contribution in [-0.2, 0) is 0 Å². The van der Waals surface area contributed by atoms with Crippen molar-refractivity contribution in [3.63, 3.8) is 0 Å². The van der Waals surface area contributed by atoms with Gasteiger partial charge in [0.05, 0.1) is 18.5 Å². The molecule has 148 valence electrons. The van der Waals surface area contributed by atoms with E-state index < -0.39 is 0 Å². The number of imidazole rings is 1. The Hall–Kier alpha value is -3.58. The van der Waals surface area contributed by atoms with E-state index in [-0.39, 0.29) is 12.4 Å². The molecule has 4 rings (SSSR count). The van der Waals surface area contributed by atoms with Gasteiger partial charge in [-0.05, 0) is 43.3 Å². The first-order valence-corrected chi connectivity index (χ1v) is 9.54. The average molecular weight is 389 g/mol. The number of aliphatic hydroxyl groups excluding tert-OH is 1.